The first-order valence-electron chi connectivity index (χ1n) is 13.7. The average Bonchev–Trinajstić information content (AvgIpc) is 3.53. The predicted octanol–water partition coefficient (Wildman–Crippen LogP) is 4.79. The van der Waals surface area contributed by atoms with Crippen LogP contribution in [0.4, 0.5) is 22.7 Å². The van der Waals surface area contributed by atoms with Gasteiger partial charge in [-0.2, -0.15) is 13.2 Å². The molecule has 1 aromatic carbocycles. The van der Waals surface area contributed by atoms with Crippen LogP contribution in [0.25, 0.3) is 11.3 Å². The second kappa shape index (κ2) is 11.7. The van der Waals surface area contributed by atoms with E-state index >= 15 is 0 Å². The molecule has 2 saturated heterocycles. The number of likely N-dealkylation sites (tertiary alicyclic amines) is 2. The molecule has 0 saturated carbocycles. The average molecular weight is 609 g/mol. The van der Waals surface area contributed by atoms with E-state index in [0.29, 0.717) is 29.4 Å². The van der Waals surface area contributed by atoms with Crippen molar-refractivity contribution in [2.75, 3.05) is 25.0 Å². The van der Waals surface area contributed by atoms with E-state index in [1.165, 1.54) is 23.8 Å². The molecule has 226 valence electrons. The molecule has 2 aromatic rings. The molecule has 0 spiro atoms. The molecule has 3 aliphatic heterocycles. The summed E-state index contributed by atoms with van der Waals surface area (Å²) in [4.78, 5) is 37.9. The Hall–Kier alpha value is -3.36. The number of piperidine rings is 1. The number of aliphatic carboxylic acids is 1. The monoisotopic (exact) mass is 608 g/mol. The number of halogens is 4. The summed E-state index contributed by atoms with van der Waals surface area (Å²) in [5, 5.41) is 15.1. The Morgan fingerprint density at radius 1 is 1.21 bits per heavy atom. The van der Waals surface area contributed by atoms with Crippen LogP contribution in [0.5, 0.6) is 0 Å². The second-order valence-electron chi connectivity index (χ2n) is 11.0. The SMILES string of the molecule is Cc1cc(-c2nc(NC(=O)C3=CNC(N4CCC(F)(C(=O)O)CC4)C=N3)sc2CN2CCCC2C)cc(C(F)(F)F)c1. The van der Waals surface area contributed by atoms with Crippen molar-refractivity contribution in [2.24, 2.45) is 4.99 Å². The van der Waals surface area contributed by atoms with Gasteiger partial charge in [-0.3, -0.25) is 24.9 Å². The summed E-state index contributed by atoms with van der Waals surface area (Å²) in [7, 11) is 0. The van der Waals surface area contributed by atoms with Gasteiger partial charge >= 0.3 is 12.1 Å². The van der Waals surface area contributed by atoms with Crippen LogP contribution < -0.4 is 10.6 Å². The van der Waals surface area contributed by atoms with Gasteiger partial charge in [0.1, 0.15) is 11.9 Å². The summed E-state index contributed by atoms with van der Waals surface area (Å²) in [5.74, 6) is -2.01. The summed E-state index contributed by atoms with van der Waals surface area (Å²) in [6, 6.07) is 4.17. The summed E-state index contributed by atoms with van der Waals surface area (Å²) < 4.78 is 55.1. The zero-order valence-electron chi connectivity index (χ0n) is 23.2. The number of amides is 1. The molecule has 4 heterocycles. The zero-order valence-corrected chi connectivity index (χ0v) is 24.0. The van der Waals surface area contributed by atoms with Crippen molar-refractivity contribution in [2.45, 2.75) is 70.1 Å². The fourth-order valence-electron chi connectivity index (χ4n) is 5.48. The number of thiazole rings is 1. The van der Waals surface area contributed by atoms with Gasteiger partial charge in [-0.1, -0.05) is 11.3 Å². The lowest BCUT2D eigenvalue weighted by Crippen LogP contribution is -2.54. The molecule has 14 heteroatoms. The van der Waals surface area contributed by atoms with E-state index in [-0.39, 0.29) is 36.8 Å². The number of alkyl halides is 4. The first kappa shape index (κ1) is 30.1. The van der Waals surface area contributed by atoms with Crippen LogP contribution in [0.1, 0.15) is 48.6 Å². The Labute approximate surface area is 244 Å². The van der Waals surface area contributed by atoms with Crippen molar-refractivity contribution in [3.8, 4) is 11.3 Å². The summed E-state index contributed by atoms with van der Waals surface area (Å²) in [5.41, 5.74) is -1.74. The van der Waals surface area contributed by atoms with Crippen molar-refractivity contribution in [3.63, 3.8) is 0 Å². The first-order chi connectivity index (χ1) is 19.8. The van der Waals surface area contributed by atoms with Gasteiger partial charge in [-0.25, -0.2) is 14.2 Å². The molecule has 0 radical (unpaired) electrons. The van der Waals surface area contributed by atoms with Gasteiger partial charge < -0.3 is 10.4 Å². The normalized spacial score (nSPS) is 23.0. The summed E-state index contributed by atoms with van der Waals surface area (Å²) in [6.07, 6.45) is -0.244. The molecule has 0 bridgehead atoms. The minimum atomic E-state index is -4.51. The lowest BCUT2D eigenvalue weighted by molar-refractivity contribution is -0.154. The number of hydrogen-bond acceptors (Lipinski definition) is 8. The van der Waals surface area contributed by atoms with Gasteiger partial charge in [-0.05, 0) is 57.0 Å². The number of rotatable bonds is 7. The zero-order chi connectivity index (χ0) is 30.2. The predicted molar refractivity (Wildman–Crippen MR) is 151 cm³/mol. The number of aliphatic imine (C=N–C) groups is 1. The Kier molecular flexibility index (Phi) is 8.41. The Morgan fingerprint density at radius 2 is 1.95 bits per heavy atom. The lowest BCUT2D eigenvalue weighted by Gasteiger charge is -2.37. The lowest BCUT2D eigenvalue weighted by atomic mass is 9.93. The largest absolute Gasteiger partial charge is 0.479 e. The maximum absolute atomic E-state index is 14.4. The molecule has 42 heavy (non-hydrogen) atoms. The van der Waals surface area contributed by atoms with Crippen LogP contribution in [0.3, 0.4) is 0 Å². The first-order valence-corrected chi connectivity index (χ1v) is 14.6. The number of nitrogens with one attached hydrogen (secondary N) is 2. The number of hydrogen-bond donors (Lipinski definition) is 3. The molecule has 2 fully saturated rings. The van der Waals surface area contributed by atoms with E-state index in [1.54, 1.807) is 13.0 Å². The minimum Gasteiger partial charge on any atom is -0.479 e. The molecule has 1 amide bonds. The number of benzene rings is 1. The van der Waals surface area contributed by atoms with E-state index in [0.717, 1.165) is 36.4 Å². The van der Waals surface area contributed by atoms with Crippen LogP contribution in [0.15, 0.2) is 35.1 Å². The van der Waals surface area contributed by atoms with Gasteiger partial charge in [0.25, 0.3) is 5.91 Å². The Bertz CT molecular complexity index is 1420. The fourth-order valence-corrected chi connectivity index (χ4v) is 6.49. The minimum absolute atomic E-state index is 0.0648. The molecule has 0 aliphatic carbocycles. The number of anilines is 1. The maximum Gasteiger partial charge on any atom is 0.416 e. The number of nitrogens with zero attached hydrogens (tertiary/aromatic N) is 4. The molecule has 2 atom stereocenters. The van der Waals surface area contributed by atoms with Crippen LogP contribution >= 0.6 is 11.3 Å². The highest BCUT2D eigenvalue weighted by Gasteiger charge is 2.43. The molecular weight excluding hydrogens is 576 g/mol. The highest BCUT2D eigenvalue weighted by atomic mass is 32.1. The van der Waals surface area contributed by atoms with Crippen molar-refractivity contribution in [1.82, 2.24) is 20.1 Å². The molecule has 9 nitrogen and oxygen atoms in total. The van der Waals surface area contributed by atoms with Gasteiger partial charge in [0.2, 0.25) is 5.67 Å². The topological polar surface area (TPSA) is 110 Å². The van der Waals surface area contributed by atoms with Crippen LogP contribution in [-0.4, -0.2) is 75.5 Å². The van der Waals surface area contributed by atoms with Gasteiger partial charge in [0, 0.05) is 61.4 Å². The van der Waals surface area contributed by atoms with Gasteiger partial charge in [0.05, 0.1) is 11.3 Å². The molecule has 3 N–H and O–H groups in total. The van der Waals surface area contributed by atoms with E-state index in [1.807, 2.05) is 4.90 Å². The number of carboxylic acids is 1. The summed E-state index contributed by atoms with van der Waals surface area (Å²) >= 11 is 1.22. The van der Waals surface area contributed by atoms with E-state index in [4.69, 9.17) is 5.11 Å². The fraction of sp³-hybridized carbons (Fsp3) is 0.500. The number of aryl methyl sites for hydroxylation is 1. The number of aromatic nitrogens is 1. The van der Waals surface area contributed by atoms with Crippen LogP contribution in [0.2, 0.25) is 0 Å². The van der Waals surface area contributed by atoms with Gasteiger partial charge in [-0.15, -0.1) is 0 Å². The Morgan fingerprint density at radius 3 is 2.55 bits per heavy atom. The van der Waals surface area contributed by atoms with E-state index < -0.39 is 35.5 Å². The second-order valence-corrected chi connectivity index (χ2v) is 12.1. The molecule has 2 unspecified atom stereocenters. The third-order valence-corrected chi connectivity index (χ3v) is 8.93. The standard InChI is InChI=1S/C28H32F4N6O3S/c1-16-10-18(12-19(11-16)28(30,31)32)23-21(15-38-7-3-4-17(38)2)42-26(35-23)36-24(39)20-13-34-22(14-33-20)37-8-5-27(29,6-9-37)25(40)41/h10-14,17,22,34H,3-9,15H2,1-2H3,(H,40,41)(H,35,36,39). The Balaban J connectivity index is 1.32. The molecule has 1 aromatic heterocycles. The number of carbonyl (C=O) groups is 2. The third kappa shape index (κ3) is 6.50. The number of carbonyl (C=O) groups excluding carboxylic acids is 1. The van der Waals surface area contributed by atoms with Crippen LogP contribution in [-0.2, 0) is 22.3 Å². The highest BCUT2D eigenvalue weighted by molar-refractivity contribution is 7.16. The van der Waals surface area contributed by atoms with Crippen molar-refractivity contribution in [3.05, 3.63) is 46.1 Å². The van der Waals surface area contributed by atoms with Crippen molar-refractivity contribution < 1.29 is 32.3 Å². The number of carboxylic acid groups (broad SMARTS) is 1. The van der Waals surface area contributed by atoms with Gasteiger partial charge in [0.15, 0.2) is 5.13 Å². The molecular formula is C28H32F4N6O3S. The smallest absolute Gasteiger partial charge is 0.416 e. The summed E-state index contributed by atoms with van der Waals surface area (Å²) in [6.45, 7) is 5.50. The quantitative estimate of drug-likeness (QED) is 0.388. The van der Waals surface area contributed by atoms with Crippen LogP contribution in [0, 0.1) is 6.92 Å². The van der Waals surface area contributed by atoms with E-state index in [9.17, 15) is 27.2 Å². The third-order valence-electron chi connectivity index (χ3n) is 7.98. The molecule has 5 rings (SSSR count). The molecule has 3 aliphatic rings. The van der Waals surface area contributed by atoms with Crippen molar-refractivity contribution >= 4 is 34.6 Å². The van der Waals surface area contributed by atoms with E-state index in [2.05, 4.69) is 32.4 Å². The highest BCUT2D eigenvalue weighted by Crippen LogP contribution is 2.38. The maximum atomic E-state index is 14.4. The van der Waals surface area contributed by atoms with Crippen molar-refractivity contribution in [1.29, 1.82) is 0 Å².